The van der Waals surface area contributed by atoms with E-state index in [1.807, 2.05) is 17.0 Å². The van der Waals surface area contributed by atoms with Crippen LogP contribution in [0.2, 0.25) is 5.02 Å². The third kappa shape index (κ3) is 2.61. The normalized spacial score (nSPS) is 23.4. The zero-order valence-corrected chi connectivity index (χ0v) is 13.9. The van der Waals surface area contributed by atoms with Crippen molar-refractivity contribution in [3.8, 4) is 0 Å². The fraction of sp³-hybridized carbons (Fsp3) is 0.462. The lowest BCUT2D eigenvalue weighted by molar-refractivity contribution is 0.0739. The molecule has 2 rings (SSSR count). The van der Waals surface area contributed by atoms with Crippen LogP contribution in [0.25, 0.3) is 0 Å². The van der Waals surface area contributed by atoms with Gasteiger partial charge in [-0.2, -0.15) is 0 Å². The summed E-state index contributed by atoms with van der Waals surface area (Å²) < 4.78 is 0.762. The Labute approximate surface area is 129 Å². The van der Waals surface area contributed by atoms with Gasteiger partial charge in [-0.3, -0.25) is 4.79 Å². The average Bonchev–Trinajstić information content (AvgIpc) is 2.73. The highest BCUT2D eigenvalue weighted by atomic mass is 79.9. The maximum atomic E-state index is 12.5. The molecule has 18 heavy (non-hydrogen) atoms. The van der Waals surface area contributed by atoms with Gasteiger partial charge < -0.3 is 4.90 Å². The van der Waals surface area contributed by atoms with E-state index >= 15 is 0 Å². The number of hydrogen-bond donors (Lipinski definition) is 0. The van der Waals surface area contributed by atoms with Crippen LogP contribution in [0.1, 0.15) is 23.7 Å². The van der Waals surface area contributed by atoms with E-state index in [0.717, 1.165) is 22.8 Å². The molecule has 2 atom stereocenters. The minimum Gasteiger partial charge on any atom is -0.334 e. The van der Waals surface area contributed by atoms with Gasteiger partial charge in [0.2, 0.25) is 0 Å². The Hall–Kier alpha value is -0.0600. The van der Waals surface area contributed by atoms with Gasteiger partial charge in [0.05, 0.1) is 10.6 Å². The molecule has 0 N–H and O–H groups in total. The van der Waals surface area contributed by atoms with Crippen LogP contribution in [0, 0.1) is 5.92 Å². The summed E-state index contributed by atoms with van der Waals surface area (Å²) in [5.74, 6) is 0.550. The van der Waals surface area contributed by atoms with Crippen LogP contribution in [-0.2, 0) is 0 Å². The van der Waals surface area contributed by atoms with Gasteiger partial charge in [0.25, 0.3) is 5.91 Å². The van der Waals surface area contributed by atoms with Crippen molar-refractivity contribution in [2.75, 3.05) is 11.9 Å². The first-order valence-electron chi connectivity index (χ1n) is 5.87. The molecular formula is C13H14Br2ClNO. The summed E-state index contributed by atoms with van der Waals surface area (Å²) >= 11 is 13.0. The molecule has 1 aromatic rings. The Kier molecular flexibility index (Phi) is 4.73. The Bertz CT molecular complexity index is 466. The molecule has 1 aliphatic heterocycles. The van der Waals surface area contributed by atoms with Gasteiger partial charge in [-0.05, 0) is 40.4 Å². The zero-order chi connectivity index (χ0) is 13.3. The number of rotatable bonds is 2. The maximum Gasteiger partial charge on any atom is 0.255 e. The van der Waals surface area contributed by atoms with Crippen LogP contribution >= 0.6 is 43.5 Å². The van der Waals surface area contributed by atoms with E-state index in [-0.39, 0.29) is 11.9 Å². The molecule has 1 amide bonds. The van der Waals surface area contributed by atoms with Gasteiger partial charge >= 0.3 is 0 Å². The molecule has 0 spiro atoms. The molecule has 98 valence electrons. The molecule has 1 aliphatic rings. The summed E-state index contributed by atoms with van der Waals surface area (Å²) in [5, 5.41) is 1.31. The van der Waals surface area contributed by atoms with Gasteiger partial charge in [0, 0.05) is 22.4 Å². The molecule has 0 aromatic heterocycles. The smallest absolute Gasteiger partial charge is 0.255 e. The Morgan fingerprint density at radius 2 is 2.28 bits per heavy atom. The van der Waals surface area contributed by atoms with E-state index in [0.29, 0.717) is 16.5 Å². The standard InChI is InChI=1S/C13H14Br2ClNO/c1-8-5-6-17(11(8)7-14)13(18)9-3-2-4-10(15)12(9)16/h2-4,8,11H,5-7H2,1H3. The number of hydrogen-bond acceptors (Lipinski definition) is 1. The van der Waals surface area contributed by atoms with Crippen molar-refractivity contribution in [3.05, 3.63) is 33.3 Å². The third-order valence-corrected chi connectivity index (χ3v) is 5.44. The van der Waals surface area contributed by atoms with E-state index in [4.69, 9.17) is 11.6 Å². The predicted molar refractivity (Wildman–Crippen MR) is 81.6 cm³/mol. The minimum atomic E-state index is 0.0232. The molecule has 2 nitrogen and oxygen atoms in total. The average molecular weight is 396 g/mol. The number of carbonyl (C=O) groups is 1. The second-order valence-corrected chi connectivity index (χ2v) is 6.47. The summed E-state index contributed by atoms with van der Waals surface area (Å²) in [6, 6.07) is 5.72. The molecule has 0 bridgehead atoms. The lowest BCUT2D eigenvalue weighted by atomic mass is 10.0. The van der Waals surface area contributed by atoms with Gasteiger partial charge in [-0.25, -0.2) is 0 Å². The van der Waals surface area contributed by atoms with Gasteiger partial charge in [0.15, 0.2) is 0 Å². The molecule has 1 heterocycles. The Balaban J connectivity index is 2.29. The van der Waals surface area contributed by atoms with E-state index in [1.54, 1.807) is 6.07 Å². The molecule has 0 radical (unpaired) electrons. The predicted octanol–water partition coefficient (Wildman–Crippen LogP) is 4.35. The molecule has 5 heteroatoms. The number of likely N-dealkylation sites (tertiary alicyclic amines) is 1. The Morgan fingerprint density at radius 3 is 2.94 bits per heavy atom. The number of nitrogens with zero attached hydrogens (tertiary/aromatic N) is 1. The topological polar surface area (TPSA) is 20.3 Å². The third-order valence-electron chi connectivity index (χ3n) is 3.48. The van der Waals surface area contributed by atoms with E-state index in [2.05, 4.69) is 38.8 Å². The molecule has 2 unspecified atom stereocenters. The number of benzene rings is 1. The first-order valence-corrected chi connectivity index (χ1v) is 8.16. The monoisotopic (exact) mass is 393 g/mol. The van der Waals surface area contributed by atoms with Crippen LogP contribution < -0.4 is 0 Å². The minimum absolute atomic E-state index is 0.0232. The number of halogens is 3. The number of alkyl halides is 1. The first kappa shape index (κ1) is 14.4. The maximum absolute atomic E-state index is 12.5. The highest BCUT2D eigenvalue weighted by Gasteiger charge is 2.34. The van der Waals surface area contributed by atoms with E-state index in [9.17, 15) is 4.79 Å². The van der Waals surface area contributed by atoms with Crippen LogP contribution in [0.5, 0.6) is 0 Å². The SMILES string of the molecule is CC1CCN(C(=O)c2cccc(Br)c2Cl)C1CBr. The van der Waals surface area contributed by atoms with Crippen molar-refractivity contribution in [2.24, 2.45) is 5.92 Å². The van der Waals surface area contributed by atoms with E-state index in [1.165, 1.54) is 0 Å². The summed E-state index contributed by atoms with van der Waals surface area (Å²) in [6.07, 6.45) is 1.05. The molecule has 0 saturated carbocycles. The highest BCUT2D eigenvalue weighted by Crippen LogP contribution is 2.31. The van der Waals surface area contributed by atoms with Crippen LogP contribution in [-0.4, -0.2) is 28.7 Å². The summed E-state index contributed by atoms with van der Waals surface area (Å²) in [7, 11) is 0. The van der Waals surface area contributed by atoms with Gasteiger partial charge in [-0.1, -0.05) is 40.5 Å². The van der Waals surface area contributed by atoms with Crippen molar-refractivity contribution in [1.82, 2.24) is 4.90 Å². The van der Waals surface area contributed by atoms with Crippen LogP contribution in [0.4, 0.5) is 0 Å². The fourth-order valence-corrected chi connectivity index (χ4v) is 3.88. The van der Waals surface area contributed by atoms with Crippen molar-refractivity contribution >= 4 is 49.4 Å². The summed E-state index contributed by atoms with van der Waals surface area (Å²) in [6.45, 7) is 2.99. The van der Waals surface area contributed by atoms with Crippen LogP contribution in [0.15, 0.2) is 22.7 Å². The molecular weight excluding hydrogens is 381 g/mol. The second kappa shape index (κ2) is 5.93. The van der Waals surface area contributed by atoms with Crippen molar-refractivity contribution in [1.29, 1.82) is 0 Å². The molecule has 1 aromatic carbocycles. The Morgan fingerprint density at radius 1 is 1.56 bits per heavy atom. The molecule has 1 fully saturated rings. The fourth-order valence-electron chi connectivity index (χ4n) is 2.32. The van der Waals surface area contributed by atoms with Crippen LogP contribution in [0.3, 0.4) is 0 Å². The first-order chi connectivity index (χ1) is 8.56. The lowest BCUT2D eigenvalue weighted by Gasteiger charge is -2.25. The number of carbonyl (C=O) groups excluding carboxylic acids is 1. The lowest BCUT2D eigenvalue weighted by Crippen LogP contribution is -2.38. The van der Waals surface area contributed by atoms with Gasteiger partial charge in [-0.15, -0.1) is 0 Å². The quantitative estimate of drug-likeness (QED) is 0.682. The van der Waals surface area contributed by atoms with Crippen molar-refractivity contribution in [3.63, 3.8) is 0 Å². The van der Waals surface area contributed by atoms with Crippen molar-refractivity contribution < 1.29 is 4.79 Å². The summed E-state index contributed by atoms with van der Waals surface area (Å²) in [5.41, 5.74) is 0.575. The number of amides is 1. The van der Waals surface area contributed by atoms with Crippen molar-refractivity contribution in [2.45, 2.75) is 19.4 Å². The van der Waals surface area contributed by atoms with Gasteiger partial charge in [0.1, 0.15) is 0 Å². The summed E-state index contributed by atoms with van der Waals surface area (Å²) in [4.78, 5) is 14.5. The highest BCUT2D eigenvalue weighted by molar-refractivity contribution is 9.10. The largest absolute Gasteiger partial charge is 0.334 e. The molecule has 0 aliphatic carbocycles. The second-order valence-electron chi connectivity index (χ2n) is 4.59. The van der Waals surface area contributed by atoms with E-state index < -0.39 is 0 Å². The zero-order valence-electron chi connectivity index (χ0n) is 10.00. The molecule has 1 saturated heterocycles.